The van der Waals surface area contributed by atoms with E-state index < -0.39 is 0 Å². The molecule has 3 rings (SSSR count). The first kappa shape index (κ1) is 12.3. The Balaban J connectivity index is 1.78. The molecular formula is C14H21N5. The monoisotopic (exact) mass is 259 g/mol. The topological polar surface area (TPSA) is 70.0 Å². The summed E-state index contributed by atoms with van der Waals surface area (Å²) < 4.78 is 0. The maximum absolute atomic E-state index is 6.11. The Morgan fingerprint density at radius 1 is 1.53 bits per heavy atom. The van der Waals surface area contributed by atoms with Crippen LogP contribution >= 0.6 is 0 Å². The molecule has 1 atom stereocenters. The van der Waals surface area contributed by atoms with Gasteiger partial charge in [0, 0.05) is 18.0 Å². The molecule has 4 N–H and O–H groups in total. The Labute approximate surface area is 113 Å². The highest BCUT2D eigenvalue weighted by atomic mass is 15.2. The van der Waals surface area contributed by atoms with E-state index in [1.165, 1.54) is 19.4 Å². The van der Waals surface area contributed by atoms with E-state index in [0.717, 1.165) is 35.4 Å². The maximum Gasteiger partial charge on any atom is 0.0672 e. The van der Waals surface area contributed by atoms with Crippen LogP contribution in [0.2, 0.25) is 0 Å². The minimum absolute atomic E-state index is 0.483. The molecule has 0 aliphatic carbocycles. The zero-order valence-electron chi connectivity index (χ0n) is 11.3. The molecule has 0 spiro atoms. The molecule has 2 aromatic rings. The Kier molecular flexibility index (Phi) is 3.29. The van der Waals surface area contributed by atoms with Crippen LogP contribution in [0.15, 0.2) is 18.3 Å². The SMILES string of the molecule is CCN1CCCC(Nc2cc3[nH]ncc3cc2N)C1. The van der Waals surface area contributed by atoms with Crippen LogP contribution in [0, 0.1) is 0 Å². The Hall–Kier alpha value is -1.75. The summed E-state index contributed by atoms with van der Waals surface area (Å²) in [6.07, 6.45) is 4.25. The lowest BCUT2D eigenvalue weighted by Gasteiger charge is -2.33. The van der Waals surface area contributed by atoms with Gasteiger partial charge in [-0.15, -0.1) is 0 Å². The molecule has 1 aromatic heterocycles. The summed E-state index contributed by atoms with van der Waals surface area (Å²) in [7, 11) is 0. The third-order valence-electron chi connectivity index (χ3n) is 3.92. The number of nitrogens with one attached hydrogen (secondary N) is 2. The number of aromatic amines is 1. The lowest BCUT2D eigenvalue weighted by atomic mass is 10.0. The third kappa shape index (κ3) is 2.51. The molecule has 1 fully saturated rings. The van der Waals surface area contributed by atoms with Gasteiger partial charge >= 0.3 is 0 Å². The number of hydrogen-bond acceptors (Lipinski definition) is 4. The number of rotatable bonds is 3. The molecule has 0 amide bonds. The van der Waals surface area contributed by atoms with Crippen molar-refractivity contribution in [2.24, 2.45) is 0 Å². The van der Waals surface area contributed by atoms with Crippen LogP contribution in [-0.2, 0) is 0 Å². The number of aromatic nitrogens is 2. The van der Waals surface area contributed by atoms with E-state index in [0.29, 0.717) is 6.04 Å². The van der Waals surface area contributed by atoms with Crippen molar-refractivity contribution in [1.29, 1.82) is 0 Å². The summed E-state index contributed by atoms with van der Waals surface area (Å²) in [5, 5.41) is 11.7. The van der Waals surface area contributed by atoms with Gasteiger partial charge in [-0.2, -0.15) is 5.10 Å². The van der Waals surface area contributed by atoms with Crippen LogP contribution in [0.5, 0.6) is 0 Å². The fourth-order valence-corrected chi connectivity index (χ4v) is 2.81. The van der Waals surface area contributed by atoms with Crippen molar-refractivity contribution in [2.45, 2.75) is 25.8 Å². The van der Waals surface area contributed by atoms with Crippen LogP contribution in [0.4, 0.5) is 11.4 Å². The second kappa shape index (κ2) is 5.09. The Morgan fingerprint density at radius 3 is 3.26 bits per heavy atom. The number of likely N-dealkylation sites (N-methyl/N-ethyl adjacent to an activating group) is 1. The molecule has 5 heteroatoms. The van der Waals surface area contributed by atoms with Crippen molar-refractivity contribution in [1.82, 2.24) is 15.1 Å². The first-order chi connectivity index (χ1) is 9.26. The van der Waals surface area contributed by atoms with E-state index in [1.54, 1.807) is 6.20 Å². The van der Waals surface area contributed by atoms with Crippen molar-refractivity contribution in [2.75, 3.05) is 30.7 Å². The number of piperidine rings is 1. The lowest BCUT2D eigenvalue weighted by molar-refractivity contribution is 0.227. The maximum atomic E-state index is 6.11. The first-order valence-electron chi connectivity index (χ1n) is 6.97. The minimum Gasteiger partial charge on any atom is -0.397 e. The summed E-state index contributed by atoms with van der Waals surface area (Å²) in [6.45, 7) is 5.64. The number of nitrogens with two attached hydrogens (primary N) is 1. The Morgan fingerprint density at radius 2 is 2.42 bits per heavy atom. The number of hydrogen-bond donors (Lipinski definition) is 3. The van der Waals surface area contributed by atoms with Gasteiger partial charge in [0.1, 0.15) is 0 Å². The summed E-state index contributed by atoms with van der Waals surface area (Å²) in [4.78, 5) is 2.48. The van der Waals surface area contributed by atoms with Crippen LogP contribution in [0.3, 0.4) is 0 Å². The molecule has 0 bridgehead atoms. The molecule has 1 unspecified atom stereocenters. The van der Waals surface area contributed by atoms with Gasteiger partial charge in [-0.05, 0) is 38.1 Å². The van der Waals surface area contributed by atoms with E-state index in [-0.39, 0.29) is 0 Å². The van der Waals surface area contributed by atoms with Gasteiger partial charge in [0.25, 0.3) is 0 Å². The highest BCUT2D eigenvalue weighted by molar-refractivity contribution is 5.88. The molecule has 5 nitrogen and oxygen atoms in total. The van der Waals surface area contributed by atoms with E-state index >= 15 is 0 Å². The number of nitrogen functional groups attached to an aromatic ring is 1. The zero-order valence-corrected chi connectivity index (χ0v) is 11.3. The number of nitrogens with zero attached hydrogens (tertiary/aromatic N) is 2. The molecule has 1 saturated heterocycles. The number of fused-ring (bicyclic) bond motifs is 1. The first-order valence-corrected chi connectivity index (χ1v) is 6.97. The number of benzene rings is 1. The molecule has 102 valence electrons. The van der Waals surface area contributed by atoms with E-state index in [1.807, 2.05) is 6.07 Å². The second-order valence-electron chi connectivity index (χ2n) is 5.27. The van der Waals surface area contributed by atoms with E-state index in [4.69, 9.17) is 5.73 Å². The highest BCUT2D eigenvalue weighted by Gasteiger charge is 2.19. The van der Waals surface area contributed by atoms with Crippen molar-refractivity contribution in [3.05, 3.63) is 18.3 Å². The predicted octanol–water partition coefficient (Wildman–Crippen LogP) is 2.04. The van der Waals surface area contributed by atoms with Gasteiger partial charge in [0.05, 0.1) is 23.1 Å². The fraction of sp³-hybridized carbons (Fsp3) is 0.500. The number of H-pyrrole nitrogens is 1. The normalized spacial score (nSPS) is 20.8. The number of anilines is 2. The lowest BCUT2D eigenvalue weighted by Crippen LogP contribution is -2.41. The van der Waals surface area contributed by atoms with Gasteiger partial charge in [-0.3, -0.25) is 5.10 Å². The summed E-state index contributed by atoms with van der Waals surface area (Å²) in [5.74, 6) is 0. The molecule has 0 radical (unpaired) electrons. The molecule has 19 heavy (non-hydrogen) atoms. The second-order valence-corrected chi connectivity index (χ2v) is 5.27. The molecule has 1 aromatic carbocycles. The number of likely N-dealkylation sites (tertiary alicyclic amines) is 1. The van der Waals surface area contributed by atoms with Crippen molar-refractivity contribution >= 4 is 22.3 Å². The van der Waals surface area contributed by atoms with Crippen molar-refractivity contribution in [3.8, 4) is 0 Å². The van der Waals surface area contributed by atoms with Gasteiger partial charge in [0.15, 0.2) is 0 Å². The van der Waals surface area contributed by atoms with Crippen molar-refractivity contribution in [3.63, 3.8) is 0 Å². The molecule has 1 aliphatic heterocycles. The van der Waals surface area contributed by atoms with Crippen molar-refractivity contribution < 1.29 is 0 Å². The highest BCUT2D eigenvalue weighted by Crippen LogP contribution is 2.26. The molecular weight excluding hydrogens is 238 g/mol. The quantitative estimate of drug-likeness (QED) is 0.738. The summed E-state index contributed by atoms with van der Waals surface area (Å²) >= 11 is 0. The fourth-order valence-electron chi connectivity index (χ4n) is 2.81. The third-order valence-corrected chi connectivity index (χ3v) is 3.92. The van der Waals surface area contributed by atoms with Gasteiger partial charge < -0.3 is 16.0 Å². The average molecular weight is 259 g/mol. The molecule has 2 heterocycles. The predicted molar refractivity (Wildman–Crippen MR) is 79.3 cm³/mol. The zero-order chi connectivity index (χ0) is 13.2. The summed E-state index contributed by atoms with van der Waals surface area (Å²) in [6, 6.07) is 4.51. The largest absolute Gasteiger partial charge is 0.397 e. The molecule has 1 aliphatic rings. The van der Waals surface area contributed by atoms with Crippen LogP contribution < -0.4 is 11.1 Å². The minimum atomic E-state index is 0.483. The van der Waals surface area contributed by atoms with Crippen LogP contribution in [-0.4, -0.2) is 40.8 Å². The van der Waals surface area contributed by atoms with Gasteiger partial charge in [-0.1, -0.05) is 6.92 Å². The summed E-state index contributed by atoms with van der Waals surface area (Å²) in [5.41, 5.74) is 8.95. The smallest absolute Gasteiger partial charge is 0.0672 e. The van der Waals surface area contributed by atoms with Crippen LogP contribution in [0.25, 0.3) is 10.9 Å². The van der Waals surface area contributed by atoms with Gasteiger partial charge in [0.2, 0.25) is 0 Å². The average Bonchev–Trinajstić information content (AvgIpc) is 2.86. The molecule has 0 saturated carbocycles. The van der Waals surface area contributed by atoms with E-state index in [9.17, 15) is 0 Å². The standard InChI is InChI=1S/C14H21N5/c1-2-19-5-3-4-11(9-19)17-14-7-13-10(6-12(14)15)8-16-18-13/h6-8,11,17H,2-5,9,15H2,1H3,(H,16,18). The van der Waals surface area contributed by atoms with Gasteiger partial charge in [-0.25, -0.2) is 0 Å². The van der Waals surface area contributed by atoms with E-state index in [2.05, 4.69) is 33.4 Å². The van der Waals surface area contributed by atoms with Crippen LogP contribution in [0.1, 0.15) is 19.8 Å². The Bertz CT molecular complexity index is 562.